The molecule has 0 amide bonds. The van der Waals surface area contributed by atoms with Crippen LogP contribution in [0.25, 0.3) is 0 Å². The highest BCUT2D eigenvalue weighted by Gasteiger charge is 2.40. The summed E-state index contributed by atoms with van der Waals surface area (Å²) in [5.74, 6) is 0.415. The second-order valence-electron chi connectivity index (χ2n) is 7.32. The van der Waals surface area contributed by atoms with E-state index in [4.69, 9.17) is 9.39 Å². The highest BCUT2D eigenvalue weighted by Crippen LogP contribution is 2.26. The Bertz CT molecular complexity index is 510. The average molecular weight is 321 g/mol. The molecule has 1 saturated carbocycles. The standard InChI is InChI=1S/C17H28BNO4/c1-16(2,20)17(3,4)23-18(21)14-11-8-12-19-15(14)22-13-9-6-5-7-10-13/h8,11-13,20-21H,5-7,9-10H2,1-4H3. The molecule has 5 nitrogen and oxygen atoms in total. The maximum atomic E-state index is 10.5. The van der Waals surface area contributed by atoms with Gasteiger partial charge in [-0.05, 0) is 59.4 Å². The first-order valence-corrected chi connectivity index (χ1v) is 8.40. The van der Waals surface area contributed by atoms with Crippen LogP contribution < -0.4 is 10.2 Å². The molecule has 0 radical (unpaired) electrons. The minimum atomic E-state index is -1.20. The largest absolute Gasteiger partial charge is 0.497 e. The summed E-state index contributed by atoms with van der Waals surface area (Å²) in [6, 6.07) is 3.49. The Morgan fingerprint density at radius 2 is 1.83 bits per heavy atom. The molecule has 1 heterocycles. The average Bonchev–Trinajstić information content (AvgIpc) is 2.47. The minimum Gasteiger partial charge on any atom is -0.475 e. The van der Waals surface area contributed by atoms with Crippen molar-refractivity contribution >= 4 is 12.6 Å². The lowest BCUT2D eigenvalue weighted by atomic mass is 9.77. The first-order chi connectivity index (χ1) is 10.7. The van der Waals surface area contributed by atoms with Crippen LogP contribution in [0, 0.1) is 0 Å². The van der Waals surface area contributed by atoms with E-state index in [0.29, 0.717) is 11.3 Å². The molecule has 1 aromatic rings. The Kier molecular flexibility index (Phi) is 5.71. The Hall–Kier alpha value is -1.11. The summed E-state index contributed by atoms with van der Waals surface area (Å²) in [5, 5.41) is 20.7. The molecule has 1 aliphatic rings. The first-order valence-electron chi connectivity index (χ1n) is 8.40. The predicted octanol–water partition coefficient (Wildman–Crippen LogP) is 2.05. The normalized spacial score (nSPS) is 17.1. The van der Waals surface area contributed by atoms with Gasteiger partial charge in [0.05, 0.1) is 11.2 Å². The van der Waals surface area contributed by atoms with Gasteiger partial charge in [-0.1, -0.05) is 12.5 Å². The van der Waals surface area contributed by atoms with E-state index >= 15 is 0 Å². The lowest BCUT2D eigenvalue weighted by molar-refractivity contribution is -0.0983. The van der Waals surface area contributed by atoms with E-state index in [0.717, 1.165) is 25.7 Å². The van der Waals surface area contributed by atoms with Gasteiger partial charge in [0.2, 0.25) is 5.88 Å². The van der Waals surface area contributed by atoms with Crippen molar-refractivity contribution in [1.82, 2.24) is 4.98 Å². The quantitative estimate of drug-likeness (QED) is 0.785. The van der Waals surface area contributed by atoms with Gasteiger partial charge in [-0.25, -0.2) is 4.98 Å². The van der Waals surface area contributed by atoms with Gasteiger partial charge in [0.1, 0.15) is 6.10 Å². The molecule has 0 aromatic carbocycles. The molecular weight excluding hydrogens is 293 g/mol. The topological polar surface area (TPSA) is 71.8 Å². The van der Waals surface area contributed by atoms with Crippen molar-refractivity contribution in [2.24, 2.45) is 0 Å². The van der Waals surface area contributed by atoms with Crippen LogP contribution in [0.2, 0.25) is 0 Å². The van der Waals surface area contributed by atoms with E-state index in [9.17, 15) is 10.1 Å². The van der Waals surface area contributed by atoms with Gasteiger partial charge in [0, 0.05) is 11.7 Å². The van der Waals surface area contributed by atoms with E-state index in [-0.39, 0.29) is 6.10 Å². The number of pyridine rings is 1. The van der Waals surface area contributed by atoms with Gasteiger partial charge >= 0.3 is 7.12 Å². The number of rotatable bonds is 6. The van der Waals surface area contributed by atoms with Crippen molar-refractivity contribution in [3.63, 3.8) is 0 Å². The summed E-state index contributed by atoms with van der Waals surface area (Å²) in [4.78, 5) is 4.26. The predicted molar refractivity (Wildman–Crippen MR) is 90.8 cm³/mol. The first kappa shape index (κ1) is 18.2. The highest BCUT2D eigenvalue weighted by molar-refractivity contribution is 6.61. The van der Waals surface area contributed by atoms with Crippen LogP contribution in [0.3, 0.4) is 0 Å². The third-order valence-corrected chi connectivity index (χ3v) is 4.78. The molecular formula is C17H28BNO4. The maximum absolute atomic E-state index is 10.5. The SMILES string of the molecule is CC(C)(O)C(C)(C)OB(O)c1cccnc1OC1CCCCC1. The molecule has 0 aliphatic heterocycles. The van der Waals surface area contributed by atoms with E-state index in [2.05, 4.69) is 4.98 Å². The van der Waals surface area contributed by atoms with Gasteiger partial charge in [-0.15, -0.1) is 0 Å². The van der Waals surface area contributed by atoms with Crippen molar-refractivity contribution in [1.29, 1.82) is 0 Å². The summed E-state index contributed by atoms with van der Waals surface area (Å²) in [7, 11) is -1.20. The zero-order chi connectivity index (χ0) is 17.1. The summed E-state index contributed by atoms with van der Waals surface area (Å²) in [6.45, 7) is 6.80. The summed E-state index contributed by atoms with van der Waals surface area (Å²) >= 11 is 0. The second-order valence-corrected chi connectivity index (χ2v) is 7.32. The van der Waals surface area contributed by atoms with Crippen molar-refractivity contribution in [3.05, 3.63) is 18.3 Å². The molecule has 0 spiro atoms. The van der Waals surface area contributed by atoms with Crippen molar-refractivity contribution in [2.75, 3.05) is 0 Å². The van der Waals surface area contributed by atoms with Crippen LogP contribution >= 0.6 is 0 Å². The summed E-state index contributed by atoms with van der Waals surface area (Å²) in [6.07, 6.45) is 7.40. The van der Waals surface area contributed by atoms with Crippen LogP contribution in [0.5, 0.6) is 5.88 Å². The molecule has 128 valence electrons. The molecule has 1 aliphatic carbocycles. The zero-order valence-corrected chi connectivity index (χ0v) is 14.6. The Morgan fingerprint density at radius 1 is 1.17 bits per heavy atom. The highest BCUT2D eigenvalue weighted by atomic mass is 16.6. The van der Waals surface area contributed by atoms with Crippen LogP contribution in [0.15, 0.2) is 18.3 Å². The number of hydrogen-bond acceptors (Lipinski definition) is 5. The van der Waals surface area contributed by atoms with Gasteiger partial charge in [-0.2, -0.15) is 0 Å². The number of aromatic nitrogens is 1. The van der Waals surface area contributed by atoms with Crippen LogP contribution in [0.4, 0.5) is 0 Å². The fraction of sp³-hybridized carbons (Fsp3) is 0.706. The number of aliphatic hydroxyl groups is 1. The van der Waals surface area contributed by atoms with E-state index < -0.39 is 18.3 Å². The third-order valence-electron chi connectivity index (χ3n) is 4.78. The molecule has 0 unspecified atom stereocenters. The van der Waals surface area contributed by atoms with E-state index in [1.165, 1.54) is 6.42 Å². The lowest BCUT2D eigenvalue weighted by Crippen LogP contribution is -2.53. The van der Waals surface area contributed by atoms with Gasteiger partial charge in [-0.3, -0.25) is 0 Å². The second kappa shape index (κ2) is 7.20. The fourth-order valence-corrected chi connectivity index (χ4v) is 2.52. The molecule has 2 rings (SSSR count). The van der Waals surface area contributed by atoms with Crippen LogP contribution in [-0.2, 0) is 4.65 Å². The van der Waals surface area contributed by atoms with Gasteiger partial charge in [0.25, 0.3) is 0 Å². The van der Waals surface area contributed by atoms with Crippen LogP contribution in [-0.4, -0.2) is 39.5 Å². The molecule has 6 heteroatoms. The molecule has 0 atom stereocenters. The molecule has 0 saturated heterocycles. The maximum Gasteiger partial charge on any atom is 0.497 e. The summed E-state index contributed by atoms with van der Waals surface area (Å²) < 4.78 is 11.7. The zero-order valence-electron chi connectivity index (χ0n) is 14.6. The lowest BCUT2D eigenvalue weighted by Gasteiger charge is -2.38. The van der Waals surface area contributed by atoms with Crippen molar-refractivity contribution < 1.29 is 19.5 Å². The smallest absolute Gasteiger partial charge is 0.475 e. The molecule has 2 N–H and O–H groups in total. The van der Waals surface area contributed by atoms with Crippen molar-refractivity contribution in [3.8, 4) is 5.88 Å². The summed E-state index contributed by atoms with van der Waals surface area (Å²) in [5.41, 5.74) is -1.53. The Morgan fingerprint density at radius 3 is 2.43 bits per heavy atom. The van der Waals surface area contributed by atoms with Crippen molar-refractivity contribution in [2.45, 2.75) is 77.1 Å². The molecule has 1 fully saturated rings. The van der Waals surface area contributed by atoms with E-state index in [1.807, 2.05) is 0 Å². The molecule has 23 heavy (non-hydrogen) atoms. The van der Waals surface area contributed by atoms with E-state index in [1.54, 1.807) is 46.0 Å². The number of ether oxygens (including phenoxy) is 1. The number of hydrogen-bond donors (Lipinski definition) is 2. The molecule has 0 bridgehead atoms. The fourth-order valence-electron chi connectivity index (χ4n) is 2.52. The third kappa shape index (κ3) is 4.69. The molecule has 1 aromatic heterocycles. The van der Waals surface area contributed by atoms with Gasteiger partial charge in [0.15, 0.2) is 0 Å². The number of nitrogens with zero attached hydrogens (tertiary/aromatic N) is 1. The Labute approximate surface area is 139 Å². The van der Waals surface area contributed by atoms with Crippen LogP contribution in [0.1, 0.15) is 59.8 Å². The monoisotopic (exact) mass is 321 g/mol. The minimum absolute atomic E-state index is 0.145. The van der Waals surface area contributed by atoms with Gasteiger partial charge < -0.3 is 19.5 Å². The Balaban J connectivity index is 2.12.